The summed E-state index contributed by atoms with van der Waals surface area (Å²) < 4.78 is 19.1. The molecule has 0 saturated carbocycles. The van der Waals surface area contributed by atoms with Crippen molar-refractivity contribution in [3.8, 4) is 0 Å². The molecule has 2 rings (SSSR count). The Morgan fingerprint density at radius 3 is 1.75 bits per heavy atom. The maximum Gasteiger partial charge on any atom is 0.145 e. The lowest BCUT2D eigenvalue weighted by Gasteiger charge is -2.23. The molecule has 3 heteroatoms. The van der Waals surface area contributed by atoms with Crippen molar-refractivity contribution in [3.63, 3.8) is 0 Å². The summed E-state index contributed by atoms with van der Waals surface area (Å²) in [4.78, 5) is 0. The van der Waals surface area contributed by atoms with E-state index in [4.69, 9.17) is 4.74 Å². The van der Waals surface area contributed by atoms with Crippen LogP contribution in [-0.2, 0) is 9.30 Å². The van der Waals surface area contributed by atoms with Gasteiger partial charge in [-0.3, -0.25) is 0 Å². The molecule has 0 aromatic heterocycles. The highest BCUT2D eigenvalue weighted by Gasteiger charge is 2.30. The zero-order valence-corrected chi connectivity index (χ0v) is 12.9. The molecule has 0 aliphatic heterocycles. The molecule has 0 radical (unpaired) electrons. The van der Waals surface area contributed by atoms with Gasteiger partial charge in [0.1, 0.15) is 7.14 Å². The standard InChI is InChI=1S/C17H21O2P/c1-3-15(19-2)14-20(18,16-10-6-4-7-11-16)17-12-8-5-9-13-17/h4-13,15H,3,14H2,1-2H3. The minimum absolute atomic E-state index is 0.0150. The van der Waals surface area contributed by atoms with Gasteiger partial charge in [-0.05, 0) is 6.42 Å². The van der Waals surface area contributed by atoms with Crippen LogP contribution in [-0.4, -0.2) is 19.4 Å². The highest BCUT2D eigenvalue weighted by atomic mass is 31.2. The van der Waals surface area contributed by atoms with Gasteiger partial charge in [0.25, 0.3) is 0 Å². The Morgan fingerprint density at radius 2 is 1.40 bits per heavy atom. The molecule has 106 valence electrons. The van der Waals surface area contributed by atoms with Gasteiger partial charge in [0.15, 0.2) is 0 Å². The van der Waals surface area contributed by atoms with Crippen LogP contribution in [0.1, 0.15) is 13.3 Å². The maximum absolute atomic E-state index is 13.7. The number of benzene rings is 2. The van der Waals surface area contributed by atoms with Gasteiger partial charge < -0.3 is 9.30 Å². The zero-order chi connectivity index (χ0) is 14.4. The molecule has 0 amide bonds. The highest BCUT2D eigenvalue weighted by Crippen LogP contribution is 2.44. The van der Waals surface area contributed by atoms with Gasteiger partial charge >= 0.3 is 0 Å². The Morgan fingerprint density at radius 1 is 0.950 bits per heavy atom. The summed E-state index contributed by atoms with van der Waals surface area (Å²) in [5.74, 6) is 0. The second kappa shape index (κ2) is 6.88. The van der Waals surface area contributed by atoms with Gasteiger partial charge in [-0.15, -0.1) is 0 Å². The summed E-state index contributed by atoms with van der Waals surface area (Å²) in [6.07, 6.45) is 1.43. The summed E-state index contributed by atoms with van der Waals surface area (Å²) in [6.45, 7) is 2.06. The van der Waals surface area contributed by atoms with E-state index in [1.807, 2.05) is 60.7 Å². The molecule has 0 heterocycles. The van der Waals surface area contributed by atoms with E-state index in [2.05, 4.69) is 6.92 Å². The van der Waals surface area contributed by atoms with Crippen molar-refractivity contribution in [3.05, 3.63) is 60.7 Å². The summed E-state index contributed by atoms with van der Waals surface area (Å²) in [5.41, 5.74) is 0. The Bertz CT molecular complexity index is 519. The Labute approximate surface area is 121 Å². The van der Waals surface area contributed by atoms with Gasteiger partial charge in [-0.2, -0.15) is 0 Å². The molecule has 1 atom stereocenters. The van der Waals surface area contributed by atoms with Crippen molar-refractivity contribution in [2.45, 2.75) is 19.4 Å². The van der Waals surface area contributed by atoms with Crippen molar-refractivity contribution in [2.75, 3.05) is 13.3 Å². The first-order chi connectivity index (χ1) is 9.70. The summed E-state index contributed by atoms with van der Waals surface area (Å²) in [5, 5.41) is 1.81. The molecule has 1 unspecified atom stereocenters. The van der Waals surface area contributed by atoms with Crippen molar-refractivity contribution in [1.82, 2.24) is 0 Å². The van der Waals surface area contributed by atoms with Gasteiger partial charge in [-0.25, -0.2) is 0 Å². The first-order valence-corrected chi connectivity index (χ1v) is 8.83. The van der Waals surface area contributed by atoms with Crippen molar-refractivity contribution < 1.29 is 9.30 Å². The normalized spacial score (nSPS) is 13.1. The van der Waals surface area contributed by atoms with Crippen LogP contribution < -0.4 is 10.6 Å². The summed E-state index contributed by atoms with van der Waals surface area (Å²) in [6, 6.07) is 19.5. The van der Waals surface area contributed by atoms with Crippen LogP contribution >= 0.6 is 7.14 Å². The van der Waals surface area contributed by atoms with E-state index < -0.39 is 7.14 Å². The minimum atomic E-state index is -2.64. The van der Waals surface area contributed by atoms with Crippen molar-refractivity contribution >= 4 is 17.8 Å². The zero-order valence-electron chi connectivity index (χ0n) is 12.0. The fraction of sp³-hybridized carbons (Fsp3) is 0.294. The number of ether oxygens (including phenoxy) is 1. The van der Waals surface area contributed by atoms with Crippen LogP contribution in [0.5, 0.6) is 0 Å². The predicted molar refractivity (Wildman–Crippen MR) is 85.7 cm³/mol. The topological polar surface area (TPSA) is 26.3 Å². The first kappa shape index (κ1) is 15.0. The molecule has 0 N–H and O–H groups in total. The predicted octanol–water partition coefficient (Wildman–Crippen LogP) is 3.43. The second-order valence-corrected chi connectivity index (χ2v) is 7.74. The van der Waals surface area contributed by atoms with Gasteiger partial charge in [0.05, 0.1) is 6.10 Å². The summed E-state index contributed by atoms with van der Waals surface area (Å²) in [7, 11) is -0.949. The number of hydrogen-bond acceptors (Lipinski definition) is 2. The molecular weight excluding hydrogens is 267 g/mol. The molecular formula is C17H21O2P. The van der Waals surface area contributed by atoms with Crippen molar-refractivity contribution in [1.29, 1.82) is 0 Å². The average molecular weight is 288 g/mol. The van der Waals surface area contributed by atoms with Crippen LogP contribution in [0.4, 0.5) is 0 Å². The molecule has 2 nitrogen and oxygen atoms in total. The van der Waals surface area contributed by atoms with Gasteiger partial charge in [0, 0.05) is 23.9 Å². The molecule has 2 aromatic carbocycles. The lowest BCUT2D eigenvalue weighted by atomic mass is 10.3. The minimum Gasteiger partial charge on any atom is -0.381 e. The Balaban J connectivity index is 2.47. The molecule has 0 spiro atoms. The SMILES string of the molecule is CCC(CP(=O)(c1ccccc1)c1ccccc1)OC. The molecule has 0 fully saturated rings. The third-order valence-corrected chi connectivity index (χ3v) is 6.78. The number of rotatable bonds is 6. The quantitative estimate of drug-likeness (QED) is 0.761. The average Bonchev–Trinajstić information content (AvgIpc) is 2.54. The molecule has 0 bridgehead atoms. The van der Waals surface area contributed by atoms with Crippen LogP contribution in [0.3, 0.4) is 0 Å². The molecule has 2 aromatic rings. The van der Waals surface area contributed by atoms with E-state index in [1.54, 1.807) is 7.11 Å². The van der Waals surface area contributed by atoms with Gasteiger partial charge in [-0.1, -0.05) is 67.6 Å². The fourth-order valence-corrected chi connectivity index (χ4v) is 5.36. The monoisotopic (exact) mass is 288 g/mol. The van der Waals surface area contributed by atoms with Crippen LogP contribution in [0.15, 0.2) is 60.7 Å². The largest absolute Gasteiger partial charge is 0.381 e. The molecule has 0 saturated heterocycles. The van der Waals surface area contributed by atoms with E-state index in [1.165, 1.54) is 0 Å². The fourth-order valence-electron chi connectivity index (χ4n) is 2.35. The van der Waals surface area contributed by atoms with E-state index in [9.17, 15) is 4.57 Å². The smallest absolute Gasteiger partial charge is 0.145 e. The molecule has 0 aliphatic rings. The lowest BCUT2D eigenvalue weighted by Crippen LogP contribution is -2.25. The first-order valence-electron chi connectivity index (χ1n) is 6.93. The van der Waals surface area contributed by atoms with Crippen molar-refractivity contribution in [2.24, 2.45) is 0 Å². The van der Waals surface area contributed by atoms with E-state index in [-0.39, 0.29) is 6.10 Å². The van der Waals surface area contributed by atoms with E-state index >= 15 is 0 Å². The summed E-state index contributed by atoms with van der Waals surface area (Å²) >= 11 is 0. The Kier molecular flexibility index (Phi) is 5.17. The van der Waals surface area contributed by atoms with Crippen LogP contribution in [0, 0.1) is 0 Å². The van der Waals surface area contributed by atoms with Crippen LogP contribution in [0.25, 0.3) is 0 Å². The van der Waals surface area contributed by atoms with Crippen LogP contribution in [0.2, 0.25) is 0 Å². The third-order valence-electron chi connectivity index (χ3n) is 3.60. The number of hydrogen-bond donors (Lipinski definition) is 0. The molecule has 20 heavy (non-hydrogen) atoms. The van der Waals surface area contributed by atoms with Gasteiger partial charge in [0.2, 0.25) is 0 Å². The van der Waals surface area contributed by atoms with E-state index in [0.29, 0.717) is 6.16 Å². The second-order valence-electron chi connectivity index (χ2n) is 4.86. The highest BCUT2D eigenvalue weighted by molar-refractivity contribution is 7.78. The lowest BCUT2D eigenvalue weighted by molar-refractivity contribution is 0.117. The third kappa shape index (κ3) is 3.20. The Hall–Kier alpha value is -1.37. The number of methoxy groups -OCH3 is 1. The van der Waals surface area contributed by atoms with E-state index in [0.717, 1.165) is 17.0 Å². The molecule has 0 aliphatic carbocycles. The maximum atomic E-state index is 13.7.